The van der Waals surface area contributed by atoms with Gasteiger partial charge in [-0.2, -0.15) is 0 Å². The lowest BCUT2D eigenvalue weighted by Gasteiger charge is -2.32. The summed E-state index contributed by atoms with van der Waals surface area (Å²) in [6.45, 7) is 0.731. The fourth-order valence-electron chi connectivity index (χ4n) is 1.80. The molecule has 4 nitrogen and oxygen atoms in total. The van der Waals surface area contributed by atoms with E-state index >= 15 is 0 Å². The van der Waals surface area contributed by atoms with E-state index in [9.17, 15) is 4.79 Å². The topological polar surface area (TPSA) is 68.0 Å². The van der Waals surface area contributed by atoms with Gasteiger partial charge in [-0.05, 0) is 30.9 Å². The molecule has 1 aliphatic carbocycles. The van der Waals surface area contributed by atoms with E-state index < -0.39 is 0 Å². The summed E-state index contributed by atoms with van der Waals surface area (Å²) in [7, 11) is 0. The van der Waals surface area contributed by atoms with E-state index in [0.717, 1.165) is 19.4 Å². The highest BCUT2D eigenvalue weighted by molar-refractivity contribution is 5.93. The predicted molar refractivity (Wildman–Crippen MR) is 57.3 cm³/mol. The van der Waals surface area contributed by atoms with Crippen LogP contribution in [0.4, 0.5) is 0 Å². The number of carbonyl (C=O) groups excluding carboxylic acids is 1. The smallest absolute Gasteiger partial charge is 0.251 e. The number of hydrogen-bond donors (Lipinski definition) is 2. The van der Waals surface area contributed by atoms with Gasteiger partial charge in [-0.25, -0.2) is 0 Å². The molecule has 1 amide bonds. The van der Waals surface area contributed by atoms with Gasteiger partial charge in [0.15, 0.2) is 0 Å². The van der Waals surface area contributed by atoms with Crippen LogP contribution in [0.15, 0.2) is 24.5 Å². The van der Waals surface area contributed by atoms with Gasteiger partial charge >= 0.3 is 0 Å². The fourth-order valence-corrected chi connectivity index (χ4v) is 1.80. The molecule has 1 fully saturated rings. The molecule has 0 saturated heterocycles. The lowest BCUT2D eigenvalue weighted by Crippen LogP contribution is -2.42. The summed E-state index contributed by atoms with van der Waals surface area (Å²) in [5.74, 6) is 0.531. The number of hydrogen-bond acceptors (Lipinski definition) is 3. The standard InChI is InChI=1S/C11H15N3O/c12-10-5-8(6-10)7-14-11(15)9-1-3-13-4-2-9/h1-4,8,10H,5-7,12H2,(H,14,15). The van der Waals surface area contributed by atoms with Crippen molar-refractivity contribution in [2.45, 2.75) is 18.9 Å². The third-order valence-corrected chi connectivity index (χ3v) is 2.77. The van der Waals surface area contributed by atoms with Gasteiger partial charge in [0.25, 0.3) is 5.91 Å². The van der Waals surface area contributed by atoms with Crippen molar-refractivity contribution in [2.75, 3.05) is 6.54 Å². The van der Waals surface area contributed by atoms with Crippen molar-refractivity contribution in [1.29, 1.82) is 0 Å². The molecule has 3 N–H and O–H groups in total. The Bertz CT molecular complexity index is 333. The van der Waals surface area contributed by atoms with Crippen molar-refractivity contribution in [1.82, 2.24) is 10.3 Å². The summed E-state index contributed by atoms with van der Waals surface area (Å²) in [6.07, 6.45) is 5.29. The highest BCUT2D eigenvalue weighted by Crippen LogP contribution is 2.24. The maximum atomic E-state index is 11.6. The zero-order valence-corrected chi connectivity index (χ0v) is 8.52. The van der Waals surface area contributed by atoms with Crippen LogP contribution in [0.3, 0.4) is 0 Å². The molecule has 15 heavy (non-hydrogen) atoms. The van der Waals surface area contributed by atoms with Gasteiger partial charge < -0.3 is 11.1 Å². The number of amides is 1. The zero-order valence-electron chi connectivity index (χ0n) is 8.52. The van der Waals surface area contributed by atoms with Gasteiger partial charge in [0.1, 0.15) is 0 Å². The Labute approximate surface area is 88.9 Å². The first-order valence-electron chi connectivity index (χ1n) is 5.19. The summed E-state index contributed by atoms with van der Waals surface area (Å²) in [5.41, 5.74) is 6.33. The molecule has 1 aliphatic rings. The number of carbonyl (C=O) groups is 1. The van der Waals surface area contributed by atoms with Crippen LogP contribution in [0.25, 0.3) is 0 Å². The van der Waals surface area contributed by atoms with Gasteiger partial charge in [0.2, 0.25) is 0 Å². The first-order chi connectivity index (χ1) is 7.25. The van der Waals surface area contributed by atoms with E-state index in [0.29, 0.717) is 17.5 Å². The molecule has 0 spiro atoms. The summed E-state index contributed by atoms with van der Waals surface area (Å²) < 4.78 is 0. The Balaban J connectivity index is 1.78. The summed E-state index contributed by atoms with van der Waals surface area (Å²) in [5, 5.41) is 2.90. The van der Waals surface area contributed by atoms with Crippen LogP contribution in [0, 0.1) is 5.92 Å². The van der Waals surface area contributed by atoms with Gasteiger partial charge in [0, 0.05) is 30.5 Å². The van der Waals surface area contributed by atoms with Crippen LogP contribution in [-0.4, -0.2) is 23.5 Å². The molecule has 0 bridgehead atoms. The van der Waals surface area contributed by atoms with Gasteiger partial charge in [0.05, 0.1) is 0 Å². The minimum Gasteiger partial charge on any atom is -0.352 e. The highest BCUT2D eigenvalue weighted by Gasteiger charge is 2.25. The fraction of sp³-hybridized carbons (Fsp3) is 0.455. The average Bonchev–Trinajstić information content (AvgIpc) is 2.23. The molecular weight excluding hydrogens is 190 g/mol. The van der Waals surface area contributed by atoms with E-state index in [-0.39, 0.29) is 5.91 Å². The van der Waals surface area contributed by atoms with E-state index in [4.69, 9.17) is 5.73 Å². The molecule has 1 aromatic rings. The molecule has 0 radical (unpaired) electrons. The van der Waals surface area contributed by atoms with Crippen LogP contribution < -0.4 is 11.1 Å². The second-order valence-electron chi connectivity index (χ2n) is 4.04. The Kier molecular flexibility index (Phi) is 2.97. The van der Waals surface area contributed by atoms with Crippen LogP contribution in [0.5, 0.6) is 0 Å². The molecule has 0 aliphatic heterocycles. The van der Waals surface area contributed by atoms with Crippen LogP contribution in [-0.2, 0) is 0 Å². The van der Waals surface area contributed by atoms with Gasteiger partial charge in [-0.3, -0.25) is 9.78 Å². The first-order valence-corrected chi connectivity index (χ1v) is 5.19. The summed E-state index contributed by atoms with van der Waals surface area (Å²) in [6, 6.07) is 3.76. The molecule has 1 heterocycles. The molecule has 0 unspecified atom stereocenters. The predicted octanol–water partition coefficient (Wildman–Crippen LogP) is 0.549. The summed E-state index contributed by atoms with van der Waals surface area (Å²) >= 11 is 0. The second kappa shape index (κ2) is 4.40. The number of pyridine rings is 1. The number of nitrogens with two attached hydrogens (primary N) is 1. The van der Waals surface area contributed by atoms with Gasteiger partial charge in [-0.15, -0.1) is 0 Å². The lowest BCUT2D eigenvalue weighted by molar-refractivity contribution is 0.0935. The zero-order chi connectivity index (χ0) is 10.7. The highest BCUT2D eigenvalue weighted by atomic mass is 16.1. The Morgan fingerprint density at radius 1 is 1.47 bits per heavy atom. The monoisotopic (exact) mass is 205 g/mol. The van der Waals surface area contributed by atoms with Crippen molar-refractivity contribution in [3.05, 3.63) is 30.1 Å². The maximum absolute atomic E-state index is 11.6. The Morgan fingerprint density at radius 3 is 2.73 bits per heavy atom. The van der Waals surface area contributed by atoms with Gasteiger partial charge in [-0.1, -0.05) is 0 Å². The molecule has 1 saturated carbocycles. The number of rotatable bonds is 3. The second-order valence-corrected chi connectivity index (χ2v) is 4.04. The number of nitrogens with one attached hydrogen (secondary N) is 1. The molecular formula is C11H15N3O. The molecule has 0 atom stereocenters. The molecule has 1 aromatic heterocycles. The quantitative estimate of drug-likeness (QED) is 0.757. The summed E-state index contributed by atoms with van der Waals surface area (Å²) in [4.78, 5) is 15.5. The third kappa shape index (κ3) is 2.53. The van der Waals surface area contributed by atoms with Crippen LogP contribution in [0.1, 0.15) is 23.2 Å². The van der Waals surface area contributed by atoms with E-state index in [1.54, 1.807) is 24.5 Å². The number of nitrogens with zero attached hydrogens (tertiary/aromatic N) is 1. The minimum absolute atomic E-state index is 0.0297. The van der Waals surface area contributed by atoms with E-state index in [1.807, 2.05) is 0 Å². The van der Waals surface area contributed by atoms with Crippen molar-refractivity contribution in [2.24, 2.45) is 11.7 Å². The van der Waals surface area contributed by atoms with Crippen molar-refractivity contribution >= 4 is 5.91 Å². The minimum atomic E-state index is -0.0297. The lowest BCUT2D eigenvalue weighted by atomic mass is 9.81. The largest absolute Gasteiger partial charge is 0.352 e. The maximum Gasteiger partial charge on any atom is 0.251 e. The average molecular weight is 205 g/mol. The number of aromatic nitrogens is 1. The van der Waals surface area contributed by atoms with Crippen LogP contribution in [0.2, 0.25) is 0 Å². The third-order valence-electron chi connectivity index (χ3n) is 2.77. The molecule has 2 rings (SSSR count). The van der Waals surface area contributed by atoms with Crippen molar-refractivity contribution < 1.29 is 4.79 Å². The van der Waals surface area contributed by atoms with E-state index in [2.05, 4.69) is 10.3 Å². The van der Waals surface area contributed by atoms with Crippen molar-refractivity contribution in [3.63, 3.8) is 0 Å². The first kappa shape index (κ1) is 10.1. The SMILES string of the molecule is NC1CC(CNC(=O)c2ccncc2)C1. The molecule has 0 aromatic carbocycles. The molecule has 80 valence electrons. The normalized spacial score (nSPS) is 24.3. The Hall–Kier alpha value is -1.42. The van der Waals surface area contributed by atoms with E-state index in [1.165, 1.54) is 0 Å². The Morgan fingerprint density at radius 2 is 2.13 bits per heavy atom. The van der Waals surface area contributed by atoms with Crippen LogP contribution >= 0.6 is 0 Å². The van der Waals surface area contributed by atoms with Crippen molar-refractivity contribution in [3.8, 4) is 0 Å². The molecule has 4 heteroatoms.